The smallest absolute Gasteiger partial charge is 0.240 e. The fourth-order valence-electron chi connectivity index (χ4n) is 1.86. The highest BCUT2D eigenvalue weighted by atomic mass is 32.2. The first kappa shape index (κ1) is 15.9. The molecule has 1 atom stereocenters. The lowest BCUT2D eigenvalue weighted by Gasteiger charge is -2.12. The average Bonchev–Trinajstić information content (AvgIpc) is 2.99. The zero-order chi connectivity index (χ0) is 15.3. The molecule has 0 bridgehead atoms. The van der Waals surface area contributed by atoms with Crippen molar-refractivity contribution in [3.8, 4) is 0 Å². The third kappa shape index (κ3) is 4.26. The second-order valence-corrected chi connectivity index (χ2v) is 7.37. The van der Waals surface area contributed by atoms with E-state index < -0.39 is 10.0 Å². The molecule has 0 spiro atoms. The van der Waals surface area contributed by atoms with Crippen molar-refractivity contribution < 1.29 is 8.42 Å². The molecule has 1 heterocycles. The van der Waals surface area contributed by atoms with Crippen LogP contribution in [0.15, 0.2) is 40.7 Å². The molecule has 2 N–H and O–H groups in total. The van der Waals surface area contributed by atoms with Gasteiger partial charge in [-0.2, -0.15) is 0 Å². The third-order valence-corrected chi connectivity index (χ3v) is 5.55. The molecule has 7 heteroatoms. The van der Waals surface area contributed by atoms with Crippen molar-refractivity contribution in [1.82, 2.24) is 9.71 Å². The van der Waals surface area contributed by atoms with Gasteiger partial charge in [0.2, 0.25) is 10.0 Å². The number of thiazole rings is 1. The van der Waals surface area contributed by atoms with Gasteiger partial charge in [-0.3, -0.25) is 0 Å². The summed E-state index contributed by atoms with van der Waals surface area (Å²) in [6.45, 7) is 5.00. The van der Waals surface area contributed by atoms with Gasteiger partial charge in [-0.05, 0) is 24.3 Å². The Morgan fingerprint density at radius 3 is 2.57 bits per heavy atom. The number of hydrogen-bond donors (Lipinski definition) is 2. The Morgan fingerprint density at radius 1 is 1.29 bits per heavy atom. The van der Waals surface area contributed by atoms with Gasteiger partial charge in [0, 0.05) is 36.3 Å². The summed E-state index contributed by atoms with van der Waals surface area (Å²) >= 11 is 1.64. The maximum Gasteiger partial charge on any atom is 0.240 e. The second-order valence-electron chi connectivity index (χ2n) is 4.68. The normalized spacial score (nSPS) is 13.0. The van der Waals surface area contributed by atoms with Gasteiger partial charge in [0.15, 0.2) is 0 Å². The molecule has 1 aromatic heterocycles. The van der Waals surface area contributed by atoms with Crippen LogP contribution in [0.5, 0.6) is 0 Å². The predicted octanol–water partition coefficient (Wildman–Crippen LogP) is 2.66. The van der Waals surface area contributed by atoms with E-state index in [0.29, 0.717) is 12.5 Å². The quantitative estimate of drug-likeness (QED) is 0.821. The molecule has 21 heavy (non-hydrogen) atoms. The summed E-state index contributed by atoms with van der Waals surface area (Å²) in [4.78, 5) is 4.57. The zero-order valence-electron chi connectivity index (χ0n) is 12.0. The van der Waals surface area contributed by atoms with Crippen molar-refractivity contribution in [3.05, 3.63) is 40.8 Å². The molecular weight excluding hydrogens is 306 g/mol. The summed E-state index contributed by atoms with van der Waals surface area (Å²) in [6, 6.07) is 6.76. The summed E-state index contributed by atoms with van der Waals surface area (Å²) in [5.74, 6) is 0.315. The second kappa shape index (κ2) is 7.02. The summed E-state index contributed by atoms with van der Waals surface area (Å²) in [5, 5.41) is 6.35. The van der Waals surface area contributed by atoms with Crippen LogP contribution >= 0.6 is 11.3 Å². The van der Waals surface area contributed by atoms with Gasteiger partial charge in [0.1, 0.15) is 0 Å². The number of rotatable bonds is 7. The Hall–Kier alpha value is -1.44. The molecule has 0 fully saturated rings. The van der Waals surface area contributed by atoms with Crippen LogP contribution in [0.2, 0.25) is 0 Å². The molecule has 0 amide bonds. The Labute approximate surface area is 129 Å². The van der Waals surface area contributed by atoms with Gasteiger partial charge in [0.25, 0.3) is 0 Å². The lowest BCUT2D eigenvalue weighted by molar-refractivity contribution is 0.584. The van der Waals surface area contributed by atoms with Gasteiger partial charge in [-0.1, -0.05) is 13.8 Å². The van der Waals surface area contributed by atoms with Crippen molar-refractivity contribution in [2.45, 2.75) is 24.7 Å². The zero-order valence-corrected chi connectivity index (χ0v) is 13.7. The van der Waals surface area contributed by atoms with Gasteiger partial charge in [-0.15, -0.1) is 11.3 Å². The molecule has 0 aliphatic heterocycles. The van der Waals surface area contributed by atoms with E-state index in [0.717, 1.165) is 17.2 Å². The maximum absolute atomic E-state index is 11.8. The first-order chi connectivity index (χ1) is 10.0. The van der Waals surface area contributed by atoms with E-state index in [1.54, 1.807) is 48.7 Å². The minimum atomic E-state index is -3.38. The maximum atomic E-state index is 11.8. The molecule has 0 aliphatic carbocycles. The molecule has 0 radical (unpaired) electrons. The predicted molar refractivity (Wildman–Crippen MR) is 86.3 cm³/mol. The molecular formula is C14H19N3O2S2. The number of aromatic nitrogens is 1. The highest BCUT2D eigenvalue weighted by molar-refractivity contribution is 7.89. The van der Waals surface area contributed by atoms with E-state index in [1.807, 2.05) is 5.38 Å². The number of nitrogens with zero attached hydrogens (tertiary/aromatic N) is 1. The van der Waals surface area contributed by atoms with Gasteiger partial charge >= 0.3 is 0 Å². The van der Waals surface area contributed by atoms with E-state index in [2.05, 4.69) is 21.9 Å². The number of benzene rings is 1. The van der Waals surface area contributed by atoms with E-state index in [9.17, 15) is 8.42 Å². The summed E-state index contributed by atoms with van der Waals surface area (Å²) in [5.41, 5.74) is 0.897. The first-order valence-corrected chi connectivity index (χ1v) is 9.12. The van der Waals surface area contributed by atoms with Gasteiger partial charge in [-0.25, -0.2) is 18.1 Å². The van der Waals surface area contributed by atoms with Crippen LogP contribution < -0.4 is 10.0 Å². The molecule has 0 aliphatic rings. The van der Waals surface area contributed by atoms with Crippen LogP contribution in [-0.4, -0.2) is 26.5 Å². The van der Waals surface area contributed by atoms with E-state index in [-0.39, 0.29) is 4.90 Å². The van der Waals surface area contributed by atoms with Crippen molar-refractivity contribution in [1.29, 1.82) is 0 Å². The van der Waals surface area contributed by atoms with Crippen molar-refractivity contribution in [3.63, 3.8) is 0 Å². The molecule has 1 unspecified atom stereocenters. The molecule has 114 valence electrons. The summed E-state index contributed by atoms with van der Waals surface area (Å²) < 4.78 is 26.1. The van der Waals surface area contributed by atoms with Crippen molar-refractivity contribution >= 4 is 27.0 Å². The van der Waals surface area contributed by atoms with Gasteiger partial charge < -0.3 is 5.32 Å². The van der Waals surface area contributed by atoms with Crippen LogP contribution in [0.3, 0.4) is 0 Å². The van der Waals surface area contributed by atoms with Crippen LogP contribution in [0.1, 0.15) is 24.8 Å². The third-order valence-electron chi connectivity index (χ3n) is 2.98. The Balaban J connectivity index is 1.97. The lowest BCUT2D eigenvalue weighted by Crippen LogP contribution is -2.23. The van der Waals surface area contributed by atoms with Crippen LogP contribution in [0.25, 0.3) is 0 Å². The first-order valence-electron chi connectivity index (χ1n) is 6.76. The highest BCUT2D eigenvalue weighted by Gasteiger charge is 2.12. The lowest BCUT2D eigenvalue weighted by atomic mass is 10.2. The van der Waals surface area contributed by atoms with E-state index in [4.69, 9.17) is 0 Å². The van der Waals surface area contributed by atoms with Crippen molar-refractivity contribution in [2.75, 3.05) is 18.4 Å². The minimum Gasteiger partial charge on any atom is -0.384 e. The van der Waals surface area contributed by atoms with Crippen LogP contribution in [-0.2, 0) is 10.0 Å². The SMILES string of the molecule is CCNS(=O)(=O)c1ccc(NCC(C)c2nccs2)cc1. The molecule has 1 aromatic carbocycles. The number of hydrogen-bond acceptors (Lipinski definition) is 5. The molecule has 0 saturated carbocycles. The van der Waals surface area contributed by atoms with Crippen LogP contribution in [0, 0.1) is 0 Å². The largest absolute Gasteiger partial charge is 0.384 e. The van der Waals surface area contributed by atoms with Crippen molar-refractivity contribution in [2.24, 2.45) is 0 Å². The molecule has 5 nitrogen and oxygen atoms in total. The number of anilines is 1. The average molecular weight is 325 g/mol. The molecule has 0 saturated heterocycles. The standard InChI is InChI=1S/C14H19N3O2S2/c1-3-17-21(18,19)13-6-4-12(5-7-13)16-10-11(2)14-15-8-9-20-14/h4-9,11,16-17H,3,10H2,1-2H3. The summed E-state index contributed by atoms with van der Waals surface area (Å²) in [7, 11) is -3.38. The fourth-order valence-corrected chi connectivity index (χ4v) is 3.60. The Morgan fingerprint density at radius 2 is 2.00 bits per heavy atom. The van der Waals surface area contributed by atoms with Crippen LogP contribution in [0.4, 0.5) is 5.69 Å². The summed E-state index contributed by atoms with van der Waals surface area (Å²) in [6.07, 6.45) is 1.80. The Kier molecular flexibility index (Phi) is 5.33. The molecule has 2 rings (SSSR count). The highest BCUT2D eigenvalue weighted by Crippen LogP contribution is 2.19. The van der Waals surface area contributed by atoms with Gasteiger partial charge in [0.05, 0.1) is 9.90 Å². The monoisotopic (exact) mass is 325 g/mol. The molecule has 2 aromatic rings. The number of nitrogens with one attached hydrogen (secondary N) is 2. The topological polar surface area (TPSA) is 71.1 Å². The van der Waals surface area contributed by atoms with E-state index >= 15 is 0 Å². The fraction of sp³-hybridized carbons (Fsp3) is 0.357. The minimum absolute atomic E-state index is 0.280. The van der Waals surface area contributed by atoms with E-state index in [1.165, 1.54) is 0 Å². The Bertz CT molecular complexity index is 652. The number of sulfonamides is 1.